The molecule has 152 valence electrons. The van der Waals surface area contributed by atoms with E-state index in [2.05, 4.69) is 0 Å². The molecule has 4 rings (SSSR count). The number of hydrogen-bond acceptors (Lipinski definition) is 5. The van der Waals surface area contributed by atoms with Gasteiger partial charge in [0.2, 0.25) is 0 Å². The van der Waals surface area contributed by atoms with Crippen molar-refractivity contribution in [1.29, 1.82) is 0 Å². The second-order valence-electron chi connectivity index (χ2n) is 7.20. The first-order valence-corrected chi connectivity index (χ1v) is 11.2. The normalized spacial score (nSPS) is 12.5. The molecule has 2 aromatic carbocycles. The molecule has 0 bridgehead atoms. The number of para-hydroxylation sites is 2. The minimum absolute atomic E-state index is 0.441. The third kappa shape index (κ3) is 4.61. The number of rotatable bonds is 8. The molecule has 0 aliphatic rings. The van der Waals surface area contributed by atoms with E-state index in [0.29, 0.717) is 18.8 Å². The van der Waals surface area contributed by atoms with Crippen molar-refractivity contribution in [2.75, 3.05) is 12.0 Å². The molecule has 0 spiro atoms. The number of carbonyl (C=O) groups is 1. The van der Waals surface area contributed by atoms with E-state index in [1.54, 1.807) is 0 Å². The van der Waals surface area contributed by atoms with Gasteiger partial charge in [0.1, 0.15) is 6.04 Å². The predicted molar refractivity (Wildman–Crippen MR) is 123 cm³/mol. The number of aromatic nitrogens is 2. The Labute approximate surface area is 179 Å². The summed E-state index contributed by atoms with van der Waals surface area (Å²) in [7, 11) is 0. The van der Waals surface area contributed by atoms with Crippen molar-refractivity contribution in [2.45, 2.75) is 19.1 Å². The van der Waals surface area contributed by atoms with Crippen LogP contribution in [0.4, 0.5) is 0 Å². The fourth-order valence-corrected chi connectivity index (χ4v) is 4.24. The zero-order valence-corrected chi connectivity index (χ0v) is 17.5. The van der Waals surface area contributed by atoms with Crippen molar-refractivity contribution in [3.63, 3.8) is 0 Å². The van der Waals surface area contributed by atoms with Crippen LogP contribution in [0.15, 0.2) is 72.8 Å². The SMILES string of the molecule is CSC[C@@H](C(=O)O)N(Cc1ccc2ccccc2n1)Cc1ccc2ccccc2n1. The van der Waals surface area contributed by atoms with Crippen molar-refractivity contribution < 1.29 is 9.90 Å². The van der Waals surface area contributed by atoms with Gasteiger partial charge in [-0.15, -0.1) is 0 Å². The zero-order valence-electron chi connectivity index (χ0n) is 16.7. The molecule has 0 radical (unpaired) electrons. The van der Waals surface area contributed by atoms with E-state index in [4.69, 9.17) is 9.97 Å². The van der Waals surface area contributed by atoms with Gasteiger partial charge in [0.05, 0.1) is 22.4 Å². The van der Waals surface area contributed by atoms with E-state index in [-0.39, 0.29) is 0 Å². The molecule has 4 aromatic rings. The van der Waals surface area contributed by atoms with Gasteiger partial charge in [-0.2, -0.15) is 11.8 Å². The van der Waals surface area contributed by atoms with Crippen LogP contribution >= 0.6 is 11.8 Å². The number of aliphatic carboxylic acids is 1. The van der Waals surface area contributed by atoms with Crippen LogP contribution in [0.1, 0.15) is 11.4 Å². The first kappa shape index (κ1) is 20.3. The van der Waals surface area contributed by atoms with Crippen LogP contribution in [0.3, 0.4) is 0 Å². The van der Waals surface area contributed by atoms with Gasteiger partial charge in [-0.1, -0.05) is 48.5 Å². The molecule has 0 saturated carbocycles. The van der Waals surface area contributed by atoms with Crippen LogP contribution in [0.25, 0.3) is 21.8 Å². The number of thioether (sulfide) groups is 1. The van der Waals surface area contributed by atoms with E-state index in [0.717, 1.165) is 33.2 Å². The van der Waals surface area contributed by atoms with E-state index in [9.17, 15) is 9.90 Å². The highest BCUT2D eigenvalue weighted by Gasteiger charge is 2.26. The van der Waals surface area contributed by atoms with E-state index in [1.165, 1.54) is 11.8 Å². The Morgan fingerprint density at radius 3 is 1.83 bits per heavy atom. The third-order valence-electron chi connectivity index (χ3n) is 5.09. The number of pyridine rings is 2. The number of carboxylic acid groups (broad SMARTS) is 1. The molecule has 30 heavy (non-hydrogen) atoms. The summed E-state index contributed by atoms with van der Waals surface area (Å²) in [6.45, 7) is 0.883. The number of fused-ring (bicyclic) bond motifs is 2. The van der Waals surface area contributed by atoms with Crippen LogP contribution in [-0.2, 0) is 17.9 Å². The highest BCUT2D eigenvalue weighted by Crippen LogP contribution is 2.19. The Kier molecular flexibility index (Phi) is 6.26. The van der Waals surface area contributed by atoms with E-state index in [1.807, 2.05) is 84.0 Å². The summed E-state index contributed by atoms with van der Waals surface area (Å²) < 4.78 is 0. The minimum atomic E-state index is -0.828. The van der Waals surface area contributed by atoms with Gasteiger partial charge >= 0.3 is 5.97 Å². The Morgan fingerprint density at radius 2 is 1.37 bits per heavy atom. The lowest BCUT2D eigenvalue weighted by Gasteiger charge is -2.28. The summed E-state index contributed by atoms with van der Waals surface area (Å²) in [5.74, 6) is -0.331. The highest BCUT2D eigenvalue weighted by atomic mass is 32.2. The van der Waals surface area contributed by atoms with Crippen LogP contribution in [0.2, 0.25) is 0 Å². The average Bonchev–Trinajstić information content (AvgIpc) is 2.76. The molecule has 0 fully saturated rings. The summed E-state index contributed by atoms with van der Waals surface area (Å²) in [6, 6.07) is 23.3. The maximum atomic E-state index is 12.0. The topological polar surface area (TPSA) is 66.3 Å². The maximum absolute atomic E-state index is 12.0. The summed E-state index contributed by atoms with van der Waals surface area (Å²) in [5.41, 5.74) is 3.52. The second-order valence-corrected chi connectivity index (χ2v) is 8.12. The van der Waals surface area contributed by atoms with Gasteiger partial charge in [0.15, 0.2) is 0 Å². The van der Waals surface area contributed by atoms with Crippen molar-refractivity contribution in [2.24, 2.45) is 0 Å². The highest BCUT2D eigenvalue weighted by molar-refractivity contribution is 7.98. The molecule has 1 atom stereocenters. The maximum Gasteiger partial charge on any atom is 0.321 e. The Balaban J connectivity index is 1.66. The van der Waals surface area contributed by atoms with Gasteiger partial charge in [-0.3, -0.25) is 19.7 Å². The molecule has 2 heterocycles. The van der Waals surface area contributed by atoms with E-state index >= 15 is 0 Å². The van der Waals surface area contributed by atoms with Crippen LogP contribution in [-0.4, -0.2) is 44.0 Å². The van der Waals surface area contributed by atoms with Gasteiger partial charge in [-0.25, -0.2) is 0 Å². The first-order valence-electron chi connectivity index (χ1n) is 9.79. The van der Waals surface area contributed by atoms with Crippen molar-refractivity contribution in [3.05, 3.63) is 84.2 Å². The lowest BCUT2D eigenvalue weighted by molar-refractivity contribution is -0.142. The molecule has 0 saturated heterocycles. The Morgan fingerprint density at radius 1 is 0.867 bits per heavy atom. The van der Waals surface area contributed by atoms with Crippen molar-refractivity contribution in [3.8, 4) is 0 Å². The first-order chi connectivity index (χ1) is 14.6. The second kappa shape index (κ2) is 9.24. The molecule has 1 N–H and O–H groups in total. The molecule has 0 aliphatic heterocycles. The average molecular weight is 418 g/mol. The van der Waals surface area contributed by atoms with Crippen molar-refractivity contribution in [1.82, 2.24) is 14.9 Å². The minimum Gasteiger partial charge on any atom is -0.480 e. The van der Waals surface area contributed by atoms with Crippen LogP contribution in [0.5, 0.6) is 0 Å². The largest absolute Gasteiger partial charge is 0.480 e. The van der Waals surface area contributed by atoms with Gasteiger partial charge in [-0.05, 0) is 30.5 Å². The lowest BCUT2D eigenvalue weighted by atomic mass is 10.1. The fraction of sp³-hybridized carbons (Fsp3) is 0.208. The van der Waals surface area contributed by atoms with Gasteiger partial charge in [0.25, 0.3) is 0 Å². The number of benzene rings is 2. The molecule has 6 heteroatoms. The summed E-state index contributed by atoms with van der Waals surface area (Å²) in [4.78, 5) is 23.5. The molecular formula is C24H23N3O2S. The summed E-state index contributed by atoms with van der Waals surface area (Å²) in [6.07, 6.45) is 1.93. The molecule has 0 amide bonds. The molecular weight excluding hydrogens is 394 g/mol. The van der Waals surface area contributed by atoms with Crippen molar-refractivity contribution >= 4 is 39.5 Å². The number of carboxylic acids is 1. The molecule has 5 nitrogen and oxygen atoms in total. The fourth-order valence-electron chi connectivity index (χ4n) is 3.58. The summed E-state index contributed by atoms with van der Waals surface area (Å²) in [5, 5.41) is 12.0. The Bertz CT molecular complexity index is 1100. The Hall–Kier alpha value is -2.96. The van der Waals surface area contributed by atoms with Crippen LogP contribution in [0, 0.1) is 0 Å². The molecule has 0 aliphatic carbocycles. The van der Waals surface area contributed by atoms with Gasteiger partial charge < -0.3 is 5.11 Å². The predicted octanol–water partition coefficient (Wildman–Crippen LogP) is 4.60. The van der Waals surface area contributed by atoms with Crippen LogP contribution < -0.4 is 0 Å². The zero-order chi connectivity index (χ0) is 20.9. The number of nitrogens with zero attached hydrogens (tertiary/aromatic N) is 3. The quantitative estimate of drug-likeness (QED) is 0.452. The molecule has 0 unspecified atom stereocenters. The smallest absolute Gasteiger partial charge is 0.321 e. The summed E-state index contributed by atoms with van der Waals surface area (Å²) >= 11 is 1.53. The lowest BCUT2D eigenvalue weighted by Crippen LogP contribution is -2.42. The third-order valence-corrected chi connectivity index (χ3v) is 5.74. The van der Waals surface area contributed by atoms with Gasteiger partial charge in [0, 0.05) is 29.6 Å². The standard InChI is InChI=1S/C24H23N3O2S/c1-30-16-23(24(28)29)27(14-19-12-10-17-6-2-4-8-21(17)25-19)15-20-13-11-18-7-3-5-9-22(18)26-20/h2-13,23H,14-16H2,1H3,(H,28,29)/t23-/m0/s1. The van der Waals surface area contributed by atoms with E-state index < -0.39 is 12.0 Å². The molecule has 2 aromatic heterocycles. The monoisotopic (exact) mass is 417 g/mol. The number of hydrogen-bond donors (Lipinski definition) is 1.